The Morgan fingerprint density at radius 1 is 1.31 bits per heavy atom. The van der Waals surface area contributed by atoms with Crippen LogP contribution in [-0.4, -0.2) is 6.54 Å². The van der Waals surface area contributed by atoms with Gasteiger partial charge >= 0.3 is 0 Å². The van der Waals surface area contributed by atoms with Crippen LogP contribution in [0.25, 0.3) is 0 Å². The van der Waals surface area contributed by atoms with Gasteiger partial charge in [-0.15, -0.1) is 0 Å². The van der Waals surface area contributed by atoms with Crippen molar-refractivity contribution in [3.05, 3.63) is 33.3 Å². The van der Waals surface area contributed by atoms with Crippen molar-refractivity contribution in [2.45, 2.75) is 27.3 Å². The highest BCUT2D eigenvalue weighted by Crippen LogP contribution is 2.23. The lowest BCUT2D eigenvalue weighted by molar-refractivity contribution is 0.392. The summed E-state index contributed by atoms with van der Waals surface area (Å²) in [6.07, 6.45) is 0. The van der Waals surface area contributed by atoms with Gasteiger partial charge in [0.25, 0.3) is 0 Å². The number of nitrogens with one attached hydrogen (secondary N) is 1. The van der Waals surface area contributed by atoms with Gasteiger partial charge in [0, 0.05) is 11.0 Å². The second-order valence-electron chi connectivity index (χ2n) is 4.60. The molecule has 0 fully saturated rings. The fourth-order valence-corrected chi connectivity index (χ4v) is 1.87. The van der Waals surface area contributed by atoms with Crippen molar-refractivity contribution < 1.29 is 0 Å². The van der Waals surface area contributed by atoms with Crippen molar-refractivity contribution in [1.82, 2.24) is 5.32 Å². The van der Waals surface area contributed by atoms with Crippen molar-refractivity contribution in [3.63, 3.8) is 0 Å². The molecule has 0 aliphatic carbocycles. The van der Waals surface area contributed by atoms with Crippen molar-refractivity contribution in [2.75, 3.05) is 6.54 Å². The third-order valence-corrected chi connectivity index (χ3v) is 4.13. The molecule has 1 aromatic carbocycles. The van der Waals surface area contributed by atoms with Gasteiger partial charge in [0.2, 0.25) is 0 Å². The van der Waals surface area contributed by atoms with Crippen LogP contribution in [0.4, 0.5) is 0 Å². The normalized spacial score (nSPS) is 13.1. The van der Waals surface area contributed by atoms with E-state index < -0.39 is 0 Å². The van der Waals surface area contributed by atoms with E-state index in [1.165, 1.54) is 5.56 Å². The summed E-state index contributed by atoms with van der Waals surface area (Å²) in [5.41, 5.74) is 1.26. The summed E-state index contributed by atoms with van der Waals surface area (Å²) in [6, 6.07) is 6.05. The molecule has 0 aliphatic rings. The number of hydrogen-bond acceptors (Lipinski definition) is 1. The summed E-state index contributed by atoms with van der Waals surface area (Å²) < 4.78 is 0.963. The molecule has 0 aromatic heterocycles. The van der Waals surface area contributed by atoms with E-state index in [9.17, 15) is 0 Å². The number of halogens is 2. The zero-order chi connectivity index (χ0) is 12.1. The van der Waals surface area contributed by atoms with Crippen LogP contribution in [0.3, 0.4) is 0 Å². The van der Waals surface area contributed by atoms with E-state index >= 15 is 0 Å². The maximum Gasteiger partial charge on any atom is 0.0548 e. The van der Waals surface area contributed by atoms with Crippen LogP contribution in [0.1, 0.15) is 26.3 Å². The van der Waals surface area contributed by atoms with Crippen molar-refractivity contribution >= 4 is 27.5 Å². The van der Waals surface area contributed by atoms with Crippen LogP contribution >= 0.6 is 27.5 Å². The van der Waals surface area contributed by atoms with Crippen LogP contribution in [0.2, 0.25) is 5.02 Å². The van der Waals surface area contributed by atoms with Gasteiger partial charge in [0.15, 0.2) is 0 Å². The minimum absolute atomic E-state index is 0.704. The smallest absolute Gasteiger partial charge is 0.0548 e. The van der Waals surface area contributed by atoms with E-state index in [-0.39, 0.29) is 0 Å². The Morgan fingerprint density at radius 2 is 2.00 bits per heavy atom. The maximum atomic E-state index is 5.94. The highest BCUT2D eigenvalue weighted by atomic mass is 79.9. The first kappa shape index (κ1) is 14.0. The molecular weight excluding hydrogens is 286 g/mol. The first-order chi connectivity index (χ1) is 7.50. The highest BCUT2D eigenvalue weighted by Gasteiger charge is 2.06. The molecule has 16 heavy (non-hydrogen) atoms. The first-order valence-corrected chi connectivity index (χ1v) is 6.82. The molecule has 0 bridgehead atoms. The van der Waals surface area contributed by atoms with Crippen LogP contribution in [0, 0.1) is 11.8 Å². The zero-order valence-electron chi connectivity index (χ0n) is 10.1. The third kappa shape index (κ3) is 4.44. The summed E-state index contributed by atoms with van der Waals surface area (Å²) in [4.78, 5) is 0. The van der Waals surface area contributed by atoms with Gasteiger partial charge in [0.05, 0.1) is 5.02 Å². The third-order valence-electron chi connectivity index (χ3n) is 2.92. The second-order valence-corrected chi connectivity index (χ2v) is 5.86. The fourth-order valence-electron chi connectivity index (χ4n) is 1.33. The summed E-state index contributed by atoms with van der Waals surface area (Å²) in [6.45, 7) is 8.73. The lowest BCUT2D eigenvalue weighted by Gasteiger charge is -2.16. The molecule has 0 saturated heterocycles. The molecular formula is C13H19BrClN. The van der Waals surface area contributed by atoms with Gasteiger partial charge in [0.1, 0.15) is 0 Å². The van der Waals surface area contributed by atoms with Gasteiger partial charge in [-0.3, -0.25) is 0 Å². The number of hydrogen-bond donors (Lipinski definition) is 1. The van der Waals surface area contributed by atoms with Gasteiger partial charge in [-0.2, -0.15) is 0 Å². The molecule has 0 spiro atoms. The highest BCUT2D eigenvalue weighted by molar-refractivity contribution is 9.10. The molecule has 0 heterocycles. The quantitative estimate of drug-likeness (QED) is 0.845. The van der Waals surface area contributed by atoms with Gasteiger partial charge in [-0.1, -0.05) is 38.4 Å². The molecule has 0 saturated carbocycles. The molecule has 1 rings (SSSR count). The molecule has 90 valence electrons. The number of rotatable bonds is 5. The zero-order valence-corrected chi connectivity index (χ0v) is 12.4. The summed E-state index contributed by atoms with van der Waals surface area (Å²) in [5.74, 6) is 1.43. The molecule has 1 aromatic rings. The van der Waals surface area contributed by atoms with Gasteiger partial charge in [-0.25, -0.2) is 0 Å². The monoisotopic (exact) mass is 303 g/mol. The van der Waals surface area contributed by atoms with Crippen LogP contribution in [0.5, 0.6) is 0 Å². The van der Waals surface area contributed by atoms with E-state index in [2.05, 4.69) is 54.2 Å². The molecule has 0 amide bonds. The molecule has 0 aliphatic heterocycles. The largest absolute Gasteiger partial charge is 0.312 e. The van der Waals surface area contributed by atoms with Crippen LogP contribution in [-0.2, 0) is 6.54 Å². The van der Waals surface area contributed by atoms with Gasteiger partial charge in [-0.05, 0) is 52.0 Å². The van der Waals surface area contributed by atoms with Crippen molar-refractivity contribution in [2.24, 2.45) is 11.8 Å². The lowest BCUT2D eigenvalue weighted by atomic mass is 9.98. The Bertz CT molecular complexity index is 339. The summed E-state index contributed by atoms with van der Waals surface area (Å²) >= 11 is 9.37. The van der Waals surface area contributed by atoms with Crippen LogP contribution < -0.4 is 5.32 Å². The molecule has 1 unspecified atom stereocenters. The number of benzene rings is 1. The molecule has 3 heteroatoms. The van der Waals surface area contributed by atoms with Crippen molar-refractivity contribution in [1.29, 1.82) is 0 Å². The standard InChI is InChI=1S/C13H19BrClN/c1-9(2)10(3)7-16-8-11-4-5-13(15)12(14)6-11/h4-6,9-10,16H,7-8H2,1-3H3. The van der Waals surface area contributed by atoms with E-state index in [4.69, 9.17) is 11.6 Å². The Morgan fingerprint density at radius 3 is 2.56 bits per heavy atom. The molecule has 0 radical (unpaired) electrons. The molecule has 1 N–H and O–H groups in total. The van der Waals surface area contributed by atoms with Crippen molar-refractivity contribution in [3.8, 4) is 0 Å². The lowest BCUT2D eigenvalue weighted by Crippen LogP contribution is -2.23. The minimum Gasteiger partial charge on any atom is -0.312 e. The van der Waals surface area contributed by atoms with E-state index in [1.807, 2.05) is 6.07 Å². The summed E-state index contributed by atoms with van der Waals surface area (Å²) in [7, 11) is 0. The minimum atomic E-state index is 0.704. The van der Waals surface area contributed by atoms with Gasteiger partial charge < -0.3 is 5.32 Å². The predicted octanol–water partition coefficient (Wildman–Crippen LogP) is 4.48. The average Bonchev–Trinajstić information content (AvgIpc) is 2.23. The Labute approximate surface area is 112 Å². The Hall–Kier alpha value is -0.0500. The topological polar surface area (TPSA) is 12.0 Å². The predicted molar refractivity (Wildman–Crippen MR) is 74.9 cm³/mol. The second kappa shape index (κ2) is 6.63. The maximum absolute atomic E-state index is 5.94. The Balaban J connectivity index is 2.40. The average molecular weight is 305 g/mol. The van der Waals surface area contributed by atoms with Crippen LogP contribution in [0.15, 0.2) is 22.7 Å². The summed E-state index contributed by atoms with van der Waals surface area (Å²) in [5, 5.41) is 4.23. The Kier molecular flexibility index (Phi) is 5.81. The van der Waals surface area contributed by atoms with E-state index in [1.54, 1.807) is 0 Å². The molecule has 1 nitrogen and oxygen atoms in total. The fraction of sp³-hybridized carbons (Fsp3) is 0.538. The van der Waals surface area contributed by atoms with E-state index in [0.717, 1.165) is 28.5 Å². The first-order valence-electron chi connectivity index (χ1n) is 5.65. The SMILES string of the molecule is CC(C)C(C)CNCc1ccc(Cl)c(Br)c1. The molecule has 1 atom stereocenters. The van der Waals surface area contributed by atoms with E-state index in [0.29, 0.717) is 5.92 Å².